The number of rotatable bonds is 5. The summed E-state index contributed by atoms with van der Waals surface area (Å²) in [5, 5.41) is 5.71. The van der Waals surface area contributed by atoms with Gasteiger partial charge in [0.25, 0.3) is 5.91 Å². The first-order chi connectivity index (χ1) is 16.0. The molecule has 3 amide bonds. The molecule has 0 radical (unpaired) electrons. The number of hydrogen-bond acceptors (Lipinski definition) is 4. The highest BCUT2D eigenvalue weighted by molar-refractivity contribution is 6.31. The SMILES string of the molecule is CNC(=O)c1cc(Oc2cc(F)c(NC(=O)Nc3ccc(Cl)c(C(F)(F)F)c3)c(F)c2)ccn1. The number of ether oxygens (including phenoxy) is 1. The molecule has 1 heterocycles. The third kappa shape index (κ3) is 5.90. The van der Waals surface area contributed by atoms with Crippen LogP contribution < -0.4 is 20.7 Å². The minimum Gasteiger partial charge on any atom is -0.457 e. The molecule has 0 aliphatic heterocycles. The summed E-state index contributed by atoms with van der Waals surface area (Å²) < 4.78 is 73.1. The highest BCUT2D eigenvalue weighted by atomic mass is 35.5. The van der Waals surface area contributed by atoms with Crippen molar-refractivity contribution in [1.29, 1.82) is 0 Å². The predicted octanol–water partition coefficient (Wildman–Crippen LogP) is 5.83. The van der Waals surface area contributed by atoms with E-state index in [1.54, 1.807) is 0 Å². The van der Waals surface area contributed by atoms with E-state index in [-0.39, 0.29) is 22.9 Å². The van der Waals surface area contributed by atoms with Crippen molar-refractivity contribution in [2.45, 2.75) is 6.18 Å². The fourth-order valence-electron chi connectivity index (χ4n) is 2.69. The molecule has 0 aliphatic rings. The molecule has 0 bridgehead atoms. The molecule has 13 heteroatoms. The Morgan fingerprint density at radius 3 is 2.26 bits per heavy atom. The highest BCUT2D eigenvalue weighted by Crippen LogP contribution is 2.36. The van der Waals surface area contributed by atoms with Gasteiger partial charge in [-0.25, -0.2) is 13.6 Å². The summed E-state index contributed by atoms with van der Waals surface area (Å²) in [6.07, 6.45) is -3.51. The second-order valence-corrected chi connectivity index (χ2v) is 7.00. The van der Waals surface area contributed by atoms with E-state index in [0.29, 0.717) is 6.07 Å². The monoisotopic (exact) mass is 500 g/mol. The number of anilines is 2. The van der Waals surface area contributed by atoms with Gasteiger partial charge in [-0.1, -0.05) is 11.6 Å². The van der Waals surface area contributed by atoms with Gasteiger partial charge >= 0.3 is 12.2 Å². The van der Waals surface area contributed by atoms with Crippen LogP contribution in [0.2, 0.25) is 5.02 Å². The quantitative estimate of drug-likeness (QED) is 0.384. The number of nitrogens with zero attached hydrogens (tertiary/aromatic N) is 1. The Morgan fingerprint density at radius 2 is 1.65 bits per heavy atom. The van der Waals surface area contributed by atoms with Gasteiger partial charge in [-0.3, -0.25) is 9.78 Å². The smallest absolute Gasteiger partial charge is 0.417 e. The molecule has 2 aromatic carbocycles. The fraction of sp³-hybridized carbons (Fsp3) is 0.0952. The fourth-order valence-corrected chi connectivity index (χ4v) is 2.91. The predicted molar refractivity (Wildman–Crippen MR) is 113 cm³/mol. The van der Waals surface area contributed by atoms with Crippen molar-refractivity contribution < 1.29 is 36.3 Å². The van der Waals surface area contributed by atoms with Crippen molar-refractivity contribution in [2.24, 2.45) is 0 Å². The zero-order chi connectivity index (χ0) is 25.0. The molecule has 0 saturated heterocycles. The standard InChI is InChI=1S/C21H14ClF5N4O3/c1-28-19(32)17-9-11(4-5-29-17)34-12-7-15(23)18(16(24)8-12)31-20(33)30-10-2-3-14(22)13(6-10)21(25,26)27/h2-9H,1H3,(H,28,32)(H2,30,31,33). The molecule has 7 nitrogen and oxygen atoms in total. The van der Waals surface area contributed by atoms with Crippen LogP contribution in [0.5, 0.6) is 11.5 Å². The molecule has 0 unspecified atom stereocenters. The molecule has 34 heavy (non-hydrogen) atoms. The van der Waals surface area contributed by atoms with E-state index in [4.69, 9.17) is 16.3 Å². The minimum atomic E-state index is -4.77. The van der Waals surface area contributed by atoms with Gasteiger partial charge in [0.2, 0.25) is 0 Å². The molecule has 0 fully saturated rings. The van der Waals surface area contributed by atoms with Gasteiger partial charge in [-0.05, 0) is 24.3 Å². The maximum atomic E-state index is 14.4. The Balaban J connectivity index is 1.74. The van der Waals surface area contributed by atoms with E-state index in [1.807, 2.05) is 10.6 Å². The van der Waals surface area contributed by atoms with E-state index in [2.05, 4.69) is 10.3 Å². The first-order valence-electron chi connectivity index (χ1n) is 9.27. The summed E-state index contributed by atoms with van der Waals surface area (Å²) >= 11 is 5.51. The van der Waals surface area contributed by atoms with Crippen LogP contribution in [0.15, 0.2) is 48.7 Å². The summed E-state index contributed by atoms with van der Waals surface area (Å²) in [6.45, 7) is 0. The first kappa shape index (κ1) is 24.7. The van der Waals surface area contributed by atoms with Crippen LogP contribution in [0.4, 0.5) is 38.1 Å². The molecular weight excluding hydrogens is 487 g/mol. The van der Waals surface area contributed by atoms with Crippen LogP contribution in [0.1, 0.15) is 16.1 Å². The Morgan fingerprint density at radius 1 is 0.971 bits per heavy atom. The second-order valence-electron chi connectivity index (χ2n) is 6.59. The van der Waals surface area contributed by atoms with Gasteiger partial charge in [-0.15, -0.1) is 0 Å². The van der Waals surface area contributed by atoms with E-state index < -0.39 is 46.0 Å². The number of pyridine rings is 1. The van der Waals surface area contributed by atoms with Gasteiger partial charge in [0.05, 0.1) is 10.6 Å². The lowest BCUT2D eigenvalue weighted by atomic mass is 10.2. The van der Waals surface area contributed by atoms with Crippen LogP contribution in [-0.4, -0.2) is 24.0 Å². The van der Waals surface area contributed by atoms with Crippen molar-refractivity contribution in [2.75, 3.05) is 17.7 Å². The van der Waals surface area contributed by atoms with E-state index in [9.17, 15) is 31.5 Å². The van der Waals surface area contributed by atoms with Gasteiger partial charge in [0, 0.05) is 37.1 Å². The molecule has 0 atom stereocenters. The summed E-state index contributed by atoms with van der Waals surface area (Å²) in [5.41, 5.74) is -2.36. The maximum absolute atomic E-state index is 14.4. The average molecular weight is 501 g/mol. The number of carbonyl (C=O) groups is 2. The molecule has 1 aromatic heterocycles. The number of halogens is 6. The van der Waals surface area contributed by atoms with Crippen molar-refractivity contribution in [1.82, 2.24) is 10.3 Å². The normalized spacial score (nSPS) is 11.0. The van der Waals surface area contributed by atoms with E-state index in [1.165, 1.54) is 25.4 Å². The Kier molecular flexibility index (Phi) is 7.20. The van der Waals surface area contributed by atoms with Crippen LogP contribution in [0.25, 0.3) is 0 Å². The lowest BCUT2D eigenvalue weighted by Gasteiger charge is -2.13. The van der Waals surface area contributed by atoms with Crippen LogP contribution in [0.3, 0.4) is 0 Å². The van der Waals surface area contributed by atoms with E-state index >= 15 is 0 Å². The summed E-state index contributed by atoms with van der Waals surface area (Å²) in [4.78, 5) is 27.6. The van der Waals surface area contributed by atoms with E-state index in [0.717, 1.165) is 24.3 Å². The molecule has 0 aliphatic carbocycles. The van der Waals surface area contributed by atoms with Crippen molar-refractivity contribution in [3.63, 3.8) is 0 Å². The molecule has 178 valence electrons. The first-order valence-corrected chi connectivity index (χ1v) is 9.65. The molecular formula is C21H14ClF5N4O3. The topological polar surface area (TPSA) is 92.4 Å². The van der Waals surface area contributed by atoms with Crippen LogP contribution in [-0.2, 0) is 6.18 Å². The number of carbonyl (C=O) groups excluding carboxylic acids is 2. The number of nitrogens with one attached hydrogen (secondary N) is 3. The number of benzene rings is 2. The minimum absolute atomic E-state index is 0.00628. The number of amides is 3. The number of alkyl halides is 3. The van der Waals surface area contributed by atoms with Crippen LogP contribution in [0, 0.1) is 11.6 Å². The third-order valence-electron chi connectivity index (χ3n) is 4.21. The number of hydrogen-bond donors (Lipinski definition) is 3. The second kappa shape index (κ2) is 9.91. The Labute approximate surface area is 193 Å². The largest absolute Gasteiger partial charge is 0.457 e. The van der Waals surface area contributed by atoms with Gasteiger partial charge in [0.1, 0.15) is 22.9 Å². The molecule has 0 spiro atoms. The molecule has 3 rings (SSSR count). The van der Waals surface area contributed by atoms with Gasteiger partial charge in [-0.2, -0.15) is 13.2 Å². The summed E-state index contributed by atoms with van der Waals surface area (Å²) in [7, 11) is 1.40. The zero-order valence-electron chi connectivity index (χ0n) is 17.1. The number of aromatic nitrogens is 1. The van der Waals surface area contributed by atoms with Crippen molar-refractivity contribution in [3.8, 4) is 11.5 Å². The van der Waals surface area contributed by atoms with Crippen molar-refractivity contribution >= 4 is 34.9 Å². The maximum Gasteiger partial charge on any atom is 0.417 e. The van der Waals surface area contributed by atoms with Gasteiger partial charge in [0.15, 0.2) is 11.6 Å². The average Bonchev–Trinajstić information content (AvgIpc) is 2.76. The molecule has 3 aromatic rings. The third-order valence-corrected chi connectivity index (χ3v) is 4.54. The van der Waals surface area contributed by atoms with Gasteiger partial charge < -0.3 is 20.7 Å². The van der Waals surface area contributed by atoms with Crippen molar-refractivity contribution in [3.05, 3.63) is 76.6 Å². The molecule has 3 N–H and O–H groups in total. The van der Waals surface area contributed by atoms with Crippen LogP contribution >= 0.6 is 11.6 Å². The Bertz CT molecular complexity index is 1230. The highest BCUT2D eigenvalue weighted by Gasteiger charge is 2.33. The lowest BCUT2D eigenvalue weighted by Crippen LogP contribution is -2.21. The zero-order valence-corrected chi connectivity index (χ0v) is 17.8. The number of urea groups is 1. The summed E-state index contributed by atoms with van der Waals surface area (Å²) in [5.74, 6) is -3.18. The lowest BCUT2D eigenvalue weighted by molar-refractivity contribution is -0.137. The Hall–Kier alpha value is -3.93. The summed E-state index contributed by atoms with van der Waals surface area (Å²) in [6, 6.07) is 5.51. The molecule has 0 saturated carbocycles.